The maximum Gasteiger partial charge on any atom is 0.417 e. The summed E-state index contributed by atoms with van der Waals surface area (Å²) in [5.41, 5.74) is 48.3. The van der Waals surface area contributed by atoms with E-state index in [-0.39, 0.29) is 164 Å². The number of aryl methyl sites for hydroxylation is 3. The molecule has 0 aliphatic rings. The Labute approximate surface area is 847 Å². The Hall–Kier alpha value is -14.6. The molecular weight excluding hydrogens is 1910 g/mol. The van der Waals surface area contributed by atoms with Crippen LogP contribution >= 0.6 is 0 Å². The molecule has 0 amide bonds. The highest BCUT2D eigenvalue weighted by Crippen LogP contribution is 2.35. The molecule has 0 radical (unpaired) electrons. The van der Waals surface area contributed by atoms with Crippen molar-refractivity contribution in [3.8, 4) is 5.75 Å². The zero-order valence-electron chi connectivity index (χ0n) is 84.7. The average molecular weight is 2050 g/mol. The summed E-state index contributed by atoms with van der Waals surface area (Å²) in [6, 6.07) is 13.6. The molecule has 14 rings (SSSR count). The van der Waals surface area contributed by atoms with E-state index in [9.17, 15) is 66.9 Å². The quantitative estimate of drug-likeness (QED) is 0.0125. The molecule has 49 heteroatoms. The zero-order valence-corrected chi connectivity index (χ0v) is 84.7. The van der Waals surface area contributed by atoms with Crippen molar-refractivity contribution in [3.05, 3.63) is 120 Å². The molecule has 14 aromatic heterocycles. The van der Waals surface area contributed by atoms with Gasteiger partial charge in [0.15, 0.2) is 40.7 Å². The van der Waals surface area contributed by atoms with Crippen molar-refractivity contribution in [1.82, 2.24) is 105 Å². The number of halogens is 6. The van der Waals surface area contributed by atoms with Gasteiger partial charge in [-0.1, -0.05) is 92.9 Å². The number of anilines is 14. The topological polar surface area (TPSA) is 696 Å². The molecule has 796 valence electrons. The van der Waals surface area contributed by atoms with Crippen molar-refractivity contribution < 1.29 is 66.9 Å². The molecule has 0 saturated heterocycles. The highest BCUT2D eigenvalue weighted by Gasteiger charge is 2.33. The number of carbonyl (C=O) groups is 1. The summed E-state index contributed by atoms with van der Waals surface area (Å²) in [7, 11) is 0. The Bertz CT molecular complexity index is 6490. The van der Waals surface area contributed by atoms with E-state index in [1.54, 1.807) is 56.7 Å². The van der Waals surface area contributed by atoms with E-state index in [4.69, 9.17) is 40.1 Å². The fourth-order valence-electron chi connectivity index (χ4n) is 14.9. The van der Waals surface area contributed by atoms with Gasteiger partial charge >= 0.3 is 6.18 Å². The molecule has 147 heavy (non-hydrogen) atoms. The maximum atomic E-state index is 13.5. The number of aromatic nitrogens is 21. The summed E-state index contributed by atoms with van der Waals surface area (Å²) in [5, 5.41) is 87.8. The van der Waals surface area contributed by atoms with Crippen molar-refractivity contribution in [2.24, 2.45) is 0 Å². The number of aromatic hydroxyl groups is 1. The number of nitrogen functional groups attached to an aromatic ring is 7. The van der Waals surface area contributed by atoms with Gasteiger partial charge in [-0.15, -0.1) is 0 Å². The molecule has 0 fully saturated rings. The second-order valence-electron chi connectivity index (χ2n) is 35.3. The van der Waals surface area contributed by atoms with Gasteiger partial charge < -0.3 is 118 Å². The minimum absolute atomic E-state index is 0.00184. The smallest absolute Gasteiger partial charge is 0.417 e. The van der Waals surface area contributed by atoms with Gasteiger partial charge in [0, 0.05) is 55.1 Å². The van der Waals surface area contributed by atoms with Crippen molar-refractivity contribution >= 4 is 165 Å². The first-order valence-corrected chi connectivity index (χ1v) is 48.9. The van der Waals surface area contributed by atoms with Gasteiger partial charge in [-0.25, -0.2) is 53.6 Å². The SMILES string of the molecule is CC(F)CC[C@H](CO)Nc1nc(N)nc2cccnc12.CCCC[C@H](CO)Nc1nc(N)nc2cc(CC)cnc12.CCCC[C@H](CO)Nc1nc(N)nc2cc(O)cnc12.CCCC[C@](C)(CCC(C)=O)Nc1nc(N)nc2cc(C)cnc12.CCC[C@@H](CO)Nc1nc(N)nc2cc(C(F)(F)F)cnc12.CCC[C@@H](CO)Nc1nc(N)nc2cc(F)c(C)nc12.Nc1nc(N[C@@H](CO)CCCCF)c2ncccc2n1. The number of aliphatic hydroxyl groups is 6. The van der Waals surface area contributed by atoms with Crippen LogP contribution < -0.4 is 77.4 Å². The fourth-order valence-corrected chi connectivity index (χ4v) is 14.9. The Balaban J connectivity index is 0.000000209. The molecule has 28 N–H and O–H groups in total. The second-order valence-corrected chi connectivity index (χ2v) is 35.3. The normalized spacial score (nSPS) is 13.1. The van der Waals surface area contributed by atoms with Crippen molar-refractivity contribution in [2.75, 3.05) is 124 Å². The number of carbonyl (C=O) groups excluding carboxylic acids is 1. The van der Waals surface area contributed by atoms with Crippen LogP contribution in [0, 0.1) is 19.7 Å². The zero-order chi connectivity index (χ0) is 107. The van der Waals surface area contributed by atoms with Gasteiger partial charge in [0.2, 0.25) is 41.6 Å². The van der Waals surface area contributed by atoms with Gasteiger partial charge in [0.1, 0.15) is 61.5 Å². The lowest BCUT2D eigenvalue weighted by Crippen LogP contribution is -2.36. The van der Waals surface area contributed by atoms with Gasteiger partial charge in [-0.05, 0) is 165 Å². The third kappa shape index (κ3) is 37.2. The number of fused-ring (bicyclic) bond motifs is 7. The number of nitrogens with one attached hydrogen (secondary N) is 7. The van der Waals surface area contributed by atoms with E-state index in [2.05, 4.69) is 176 Å². The van der Waals surface area contributed by atoms with Crippen molar-refractivity contribution in [1.29, 1.82) is 0 Å². The molecule has 0 aliphatic carbocycles. The standard InChI is InChI=1S/C18H27N5O.C15H23N5O.C13H16F3N5O.3C13H18FN5O.C13H19N5O2/c1-5-6-8-18(4,9-7-13(3)24)23-16-15-14(21-17(19)22-16)10-12(2)11-20-15;1-3-5-6-11(9-21)18-14-13-12(19-15(16)20-14)7-10(4-2)8-17-13;1-2-3-8(6-22)19-11-10-9(20-12(17)21-11)4-7(5-18-10)13(14,15)16;1-8(14)4-5-9(7-20)17-12-11-10(3-2-6-16-11)18-13(15)19-12;1-3-4-8(6-20)17-12-11-10(18-13(15)19-12)5-9(14)7(2)16-11;14-6-2-1-4-9(8-20)17-12-11-10(5-3-7-16-11)18-13(15)19-12;1-2-3-4-8(7-19)16-12-11-10(17-13(14)18-12)5-9(20)6-15-11/h10-11H,5-9H2,1-4H3,(H3,19,21,22,23);7-8,11,21H,3-6,9H2,1-2H3,(H3,16,18,19,20);4-5,8,22H,2-3,6H2,1H3,(H3,17,19,20,21);2-3,6,8-9,20H,4-5,7H2,1H3,(H3,15,17,18,19);5,8,20H,3-4,6H2,1-2H3,(H3,15,17,18,19);3,5,7,9,20H,1-2,4,6,8H2,(H3,15,17,18,19);5-6,8,19-20H,2-4,7H2,1H3,(H3,14,16,17,18)/t18-;11-;8-;8?,9-;8-;9-;8-/m1101011/s1. The van der Waals surface area contributed by atoms with E-state index < -0.39 is 23.7 Å². The predicted octanol–water partition coefficient (Wildman–Crippen LogP) is 13.9. The lowest BCUT2D eigenvalue weighted by molar-refractivity contribution is -0.137. The molecule has 14 aromatic rings. The number of pyridine rings is 7. The van der Waals surface area contributed by atoms with Crippen molar-refractivity contribution in [2.45, 2.75) is 265 Å². The molecule has 43 nitrogen and oxygen atoms in total. The Morgan fingerprint density at radius 2 is 0.755 bits per heavy atom. The minimum atomic E-state index is -4.51. The summed E-state index contributed by atoms with van der Waals surface area (Å²) in [5.74, 6) is 3.75. The van der Waals surface area contributed by atoms with Crippen LogP contribution in [0.1, 0.15) is 213 Å². The first-order chi connectivity index (χ1) is 70.4. The van der Waals surface area contributed by atoms with E-state index in [0.717, 1.165) is 124 Å². The molecule has 0 aromatic carbocycles. The number of aliphatic hydroxyl groups excluding tert-OH is 6. The minimum Gasteiger partial charge on any atom is -0.506 e. The maximum absolute atomic E-state index is 13.5. The van der Waals surface area contributed by atoms with E-state index >= 15 is 0 Å². The van der Waals surface area contributed by atoms with Crippen LogP contribution in [0.4, 0.5) is 109 Å². The molecule has 0 bridgehead atoms. The van der Waals surface area contributed by atoms with E-state index in [1.165, 1.54) is 25.3 Å². The number of nitrogens with zero attached hydrogens (tertiary/aromatic N) is 21. The third-order valence-corrected chi connectivity index (χ3v) is 22.7. The molecule has 1 unspecified atom stereocenters. The lowest BCUT2D eigenvalue weighted by atomic mass is 9.89. The van der Waals surface area contributed by atoms with E-state index in [0.29, 0.717) is 135 Å². The van der Waals surface area contributed by atoms with Crippen LogP contribution in [-0.4, -0.2) is 240 Å². The first kappa shape index (κ1) is 118. The third-order valence-electron chi connectivity index (χ3n) is 22.7. The van der Waals surface area contributed by atoms with Crippen molar-refractivity contribution in [3.63, 3.8) is 0 Å². The van der Waals surface area contributed by atoms with Gasteiger partial charge in [-0.3, -0.25) is 29.3 Å². The van der Waals surface area contributed by atoms with Crippen LogP contribution in [0.2, 0.25) is 0 Å². The number of nitrogens with two attached hydrogens (primary N) is 7. The highest BCUT2D eigenvalue weighted by molar-refractivity contribution is 5.92. The van der Waals surface area contributed by atoms with Crippen LogP contribution in [0.5, 0.6) is 5.75 Å². The summed E-state index contributed by atoms with van der Waals surface area (Å²) in [6.45, 7) is 20.6. The second kappa shape index (κ2) is 59.2. The molecule has 0 spiro atoms. The van der Waals surface area contributed by atoms with Crippen LogP contribution in [0.3, 0.4) is 0 Å². The number of hydrogen-bond acceptors (Lipinski definition) is 43. The van der Waals surface area contributed by atoms with Gasteiger partial charge in [0.05, 0.1) is 139 Å². The molecule has 0 aliphatic heterocycles. The average Bonchev–Trinajstić information content (AvgIpc) is 0.793. The number of rotatable bonds is 44. The summed E-state index contributed by atoms with van der Waals surface area (Å²) >= 11 is 0. The number of Topliss-reactive ketones (excluding diaryl/α,β-unsaturated/α-hetero) is 1. The predicted molar refractivity (Wildman–Crippen MR) is 565 cm³/mol. The molecular formula is C98H139F6N35O8. The van der Waals surface area contributed by atoms with Crippen LogP contribution in [-0.2, 0) is 17.4 Å². The number of unbranched alkanes of at least 4 members (excludes halogenated alkanes) is 4. The molecule has 0 saturated carbocycles. The van der Waals surface area contributed by atoms with Gasteiger partial charge in [-0.2, -0.15) is 48.1 Å². The summed E-state index contributed by atoms with van der Waals surface area (Å²) in [4.78, 5) is 98.4. The molecule has 14 heterocycles. The molecule has 8 atom stereocenters. The Kier molecular flexibility index (Phi) is 47.4. The number of hydrogen-bond donors (Lipinski definition) is 21. The fraction of sp³-hybridized carbons (Fsp3) is 0.490. The number of ketones is 1. The highest BCUT2D eigenvalue weighted by atomic mass is 19.4. The summed E-state index contributed by atoms with van der Waals surface area (Å²) < 4.78 is 76.7. The van der Waals surface area contributed by atoms with E-state index in [1.807, 2.05) is 39.1 Å². The Morgan fingerprint density at radius 3 is 1.16 bits per heavy atom. The monoisotopic (exact) mass is 2050 g/mol. The lowest BCUT2D eigenvalue weighted by Gasteiger charge is -2.31. The van der Waals surface area contributed by atoms with Gasteiger partial charge in [0.25, 0.3) is 0 Å². The van der Waals surface area contributed by atoms with Crippen LogP contribution in [0.25, 0.3) is 77.2 Å². The number of alkyl halides is 5. The first-order valence-electron chi connectivity index (χ1n) is 48.9. The summed E-state index contributed by atoms with van der Waals surface area (Å²) in [6.07, 6.45) is 20.6. The largest absolute Gasteiger partial charge is 0.506 e. The Morgan fingerprint density at radius 1 is 0.395 bits per heavy atom. The van der Waals surface area contributed by atoms with Crippen LogP contribution in [0.15, 0.2) is 91.8 Å².